The number of rotatable bonds is 9. The molecule has 2 aromatic rings. The van der Waals surface area contributed by atoms with E-state index in [4.69, 9.17) is 14.2 Å². The molecule has 0 unspecified atom stereocenters. The molecule has 0 saturated heterocycles. The third kappa shape index (κ3) is 6.62. The lowest BCUT2D eigenvalue weighted by Crippen LogP contribution is -2.35. The van der Waals surface area contributed by atoms with Crippen molar-refractivity contribution in [3.05, 3.63) is 53.3 Å². The Labute approximate surface area is 181 Å². The molecule has 2 N–H and O–H groups in total. The van der Waals surface area contributed by atoms with Crippen molar-refractivity contribution in [2.24, 2.45) is 0 Å². The van der Waals surface area contributed by atoms with Gasteiger partial charge in [0.25, 0.3) is 5.91 Å². The number of methoxy groups -OCH3 is 1. The summed E-state index contributed by atoms with van der Waals surface area (Å²) in [6.45, 7) is 2.34. The minimum absolute atomic E-state index is 0.109. The summed E-state index contributed by atoms with van der Waals surface area (Å²) in [5.74, 6) is -6.51. The molecule has 8 nitrogen and oxygen atoms in total. The molecule has 2 rings (SSSR count). The van der Waals surface area contributed by atoms with Gasteiger partial charge in [0, 0.05) is 0 Å². The number of ether oxygens (including phenoxy) is 3. The first-order valence-electron chi connectivity index (χ1n) is 9.34. The predicted molar refractivity (Wildman–Crippen MR) is 107 cm³/mol. The van der Waals surface area contributed by atoms with Crippen molar-refractivity contribution in [1.82, 2.24) is 5.32 Å². The molecule has 11 heteroatoms. The SMILES string of the molecule is COc1cc(C(=O)OCC(=O)NCC(=O)Nc2ccc(F)c(F)c2F)ccc1OC(C)C. The van der Waals surface area contributed by atoms with Crippen LogP contribution in [-0.4, -0.2) is 44.1 Å². The maximum absolute atomic E-state index is 13.5. The van der Waals surface area contributed by atoms with Crippen molar-refractivity contribution in [3.63, 3.8) is 0 Å². The van der Waals surface area contributed by atoms with E-state index in [9.17, 15) is 27.6 Å². The van der Waals surface area contributed by atoms with Gasteiger partial charge in [-0.25, -0.2) is 18.0 Å². The van der Waals surface area contributed by atoms with Gasteiger partial charge >= 0.3 is 5.97 Å². The van der Waals surface area contributed by atoms with Crippen LogP contribution >= 0.6 is 0 Å². The highest BCUT2D eigenvalue weighted by molar-refractivity contribution is 5.95. The van der Waals surface area contributed by atoms with E-state index in [1.165, 1.54) is 25.3 Å². The Morgan fingerprint density at radius 3 is 2.34 bits per heavy atom. The Balaban J connectivity index is 1.84. The second kappa shape index (κ2) is 11.0. The molecule has 0 aliphatic carbocycles. The Hall–Kier alpha value is -3.76. The summed E-state index contributed by atoms with van der Waals surface area (Å²) in [6, 6.07) is 5.83. The van der Waals surface area contributed by atoms with Crippen molar-refractivity contribution in [1.29, 1.82) is 0 Å². The summed E-state index contributed by atoms with van der Waals surface area (Å²) >= 11 is 0. The van der Waals surface area contributed by atoms with Gasteiger partial charge in [-0.15, -0.1) is 0 Å². The van der Waals surface area contributed by atoms with Gasteiger partial charge < -0.3 is 24.8 Å². The highest BCUT2D eigenvalue weighted by Gasteiger charge is 2.17. The van der Waals surface area contributed by atoms with E-state index < -0.39 is 54.1 Å². The van der Waals surface area contributed by atoms with Gasteiger partial charge in [0.15, 0.2) is 35.6 Å². The molecule has 0 bridgehead atoms. The van der Waals surface area contributed by atoms with Gasteiger partial charge in [0.05, 0.1) is 31.0 Å². The first kappa shape index (κ1) is 24.5. The van der Waals surface area contributed by atoms with Gasteiger partial charge in [0.1, 0.15) is 0 Å². The topological polar surface area (TPSA) is 103 Å². The lowest BCUT2D eigenvalue weighted by Gasteiger charge is -2.14. The first-order valence-corrected chi connectivity index (χ1v) is 9.34. The van der Waals surface area contributed by atoms with Crippen LogP contribution in [0.1, 0.15) is 24.2 Å². The Bertz CT molecular complexity index is 1010. The Morgan fingerprint density at radius 2 is 1.69 bits per heavy atom. The van der Waals surface area contributed by atoms with E-state index in [1.54, 1.807) is 0 Å². The van der Waals surface area contributed by atoms with Gasteiger partial charge in [-0.05, 0) is 44.2 Å². The van der Waals surface area contributed by atoms with Crippen molar-refractivity contribution in [2.45, 2.75) is 20.0 Å². The summed E-state index contributed by atoms with van der Waals surface area (Å²) < 4.78 is 55.2. The second-order valence-electron chi connectivity index (χ2n) is 6.66. The molecule has 2 amide bonds. The molecule has 0 saturated carbocycles. The van der Waals surface area contributed by atoms with Gasteiger partial charge in [-0.2, -0.15) is 0 Å². The van der Waals surface area contributed by atoms with Crippen LogP contribution < -0.4 is 20.1 Å². The number of nitrogens with one attached hydrogen (secondary N) is 2. The molecular formula is C21H21F3N2O6. The summed E-state index contributed by atoms with van der Waals surface area (Å²) in [6.07, 6.45) is -0.110. The number of amides is 2. The Morgan fingerprint density at radius 1 is 0.969 bits per heavy atom. The number of carbonyl (C=O) groups is 3. The summed E-state index contributed by atoms with van der Waals surface area (Å²) in [7, 11) is 1.41. The second-order valence-corrected chi connectivity index (χ2v) is 6.66. The third-order valence-electron chi connectivity index (χ3n) is 3.85. The average Bonchev–Trinajstić information content (AvgIpc) is 2.76. The molecule has 2 aromatic carbocycles. The maximum atomic E-state index is 13.5. The van der Waals surface area contributed by atoms with Crippen LogP contribution in [0.3, 0.4) is 0 Å². The van der Waals surface area contributed by atoms with Crippen molar-refractivity contribution in [2.75, 3.05) is 25.6 Å². The van der Waals surface area contributed by atoms with Crippen LogP contribution in [-0.2, 0) is 14.3 Å². The number of benzene rings is 2. The van der Waals surface area contributed by atoms with Gasteiger partial charge in [-0.1, -0.05) is 0 Å². The van der Waals surface area contributed by atoms with E-state index in [-0.39, 0.29) is 11.7 Å². The van der Waals surface area contributed by atoms with Crippen molar-refractivity contribution in [3.8, 4) is 11.5 Å². The van der Waals surface area contributed by atoms with E-state index in [0.29, 0.717) is 17.6 Å². The fourth-order valence-electron chi connectivity index (χ4n) is 2.41. The third-order valence-corrected chi connectivity index (χ3v) is 3.85. The van der Waals surface area contributed by atoms with Crippen LogP contribution in [0.2, 0.25) is 0 Å². The normalized spacial score (nSPS) is 10.5. The molecule has 0 fully saturated rings. The summed E-state index contributed by atoms with van der Waals surface area (Å²) in [5.41, 5.74) is -0.481. The summed E-state index contributed by atoms with van der Waals surface area (Å²) in [4.78, 5) is 35.7. The van der Waals surface area contributed by atoms with Crippen LogP contribution in [0.4, 0.5) is 18.9 Å². The standard InChI is InChI=1S/C21H21F3N2O6/c1-11(2)32-15-7-4-12(8-16(15)30-3)21(29)31-10-18(28)25-9-17(27)26-14-6-5-13(22)19(23)20(14)24/h4-8,11H,9-10H2,1-3H3,(H,25,28)(H,26,27). The number of anilines is 1. The zero-order chi connectivity index (χ0) is 23.8. The van der Waals surface area contributed by atoms with Crippen molar-refractivity contribution < 1.29 is 41.8 Å². The number of hydrogen-bond donors (Lipinski definition) is 2. The number of carbonyl (C=O) groups excluding carboxylic acids is 3. The smallest absolute Gasteiger partial charge is 0.338 e. The average molecular weight is 454 g/mol. The van der Waals surface area contributed by atoms with Crippen molar-refractivity contribution >= 4 is 23.5 Å². The lowest BCUT2D eigenvalue weighted by atomic mass is 10.2. The van der Waals surface area contributed by atoms with Crippen LogP contribution in [0, 0.1) is 17.5 Å². The van der Waals surface area contributed by atoms with Gasteiger partial charge in [0.2, 0.25) is 5.91 Å². The van der Waals surface area contributed by atoms with Crippen LogP contribution in [0.15, 0.2) is 30.3 Å². The predicted octanol–water partition coefficient (Wildman–Crippen LogP) is 2.81. The lowest BCUT2D eigenvalue weighted by molar-refractivity contribution is -0.126. The molecule has 0 aliphatic rings. The minimum atomic E-state index is -1.74. The fraction of sp³-hybridized carbons (Fsp3) is 0.286. The molecule has 0 atom stereocenters. The molecular weight excluding hydrogens is 433 g/mol. The monoisotopic (exact) mass is 454 g/mol. The quantitative estimate of drug-likeness (QED) is 0.446. The van der Waals surface area contributed by atoms with E-state index in [2.05, 4.69) is 5.32 Å². The first-order chi connectivity index (χ1) is 15.1. The fourth-order valence-corrected chi connectivity index (χ4v) is 2.41. The molecule has 172 valence electrons. The molecule has 0 radical (unpaired) electrons. The molecule has 0 aromatic heterocycles. The van der Waals surface area contributed by atoms with E-state index in [0.717, 1.165) is 6.07 Å². The molecule has 0 spiro atoms. The molecule has 0 aliphatic heterocycles. The minimum Gasteiger partial charge on any atom is -0.493 e. The molecule has 0 heterocycles. The zero-order valence-electron chi connectivity index (χ0n) is 17.5. The number of hydrogen-bond acceptors (Lipinski definition) is 6. The van der Waals surface area contributed by atoms with E-state index >= 15 is 0 Å². The highest BCUT2D eigenvalue weighted by atomic mass is 19.2. The van der Waals surface area contributed by atoms with Crippen LogP contribution in [0.25, 0.3) is 0 Å². The van der Waals surface area contributed by atoms with Gasteiger partial charge in [-0.3, -0.25) is 9.59 Å². The zero-order valence-corrected chi connectivity index (χ0v) is 17.5. The van der Waals surface area contributed by atoms with Crippen LogP contribution in [0.5, 0.6) is 11.5 Å². The van der Waals surface area contributed by atoms with E-state index in [1.807, 2.05) is 19.2 Å². The highest BCUT2D eigenvalue weighted by Crippen LogP contribution is 2.29. The number of halogens is 3. The largest absolute Gasteiger partial charge is 0.493 e. The Kier molecular flexibility index (Phi) is 8.45. The molecule has 32 heavy (non-hydrogen) atoms. The maximum Gasteiger partial charge on any atom is 0.338 e. The number of esters is 1. The summed E-state index contributed by atoms with van der Waals surface area (Å²) in [5, 5.41) is 4.13.